The minimum Gasteiger partial charge on any atom is -0.480 e. The van der Waals surface area contributed by atoms with Crippen molar-refractivity contribution in [3.63, 3.8) is 0 Å². The van der Waals surface area contributed by atoms with E-state index >= 15 is 0 Å². The summed E-state index contributed by atoms with van der Waals surface area (Å²) in [7, 11) is 0. The summed E-state index contributed by atoms with van der Waals surface area (Å²) in [4.78, 5) is 23.8. The molecule has 0 aromatic heterocycles. The SMILES string of the molecule is CC(=O)c1cc(F)ccc1O[C@H](C)C(=O)Nc1c(Cl)cccc1Cl. The number of ketones is 1. The fraction of sp³-hybridized carbons (Fsp3) is 0.176. The summed E-state index contributed by atoms with van der Waals surface area (Å²) < 4.78 is 18.8. The molecule has 0 saturated heterocycles. The average Bonchev–Trinajstić information content (AvgIpc) is 2.52. The molecule has 0 heterocycles. The summed E-state index contributed by atoms with van der Waals surface area (Å²) in [6, 6.07) is 8.34. The van der Waals surface area contributed by atoms with Gasteiger partial charge < -0.3 is 10.1 Å². The summed E-state index contributed by atoms with van der Waals surface area (Å²) in [6.45, 7) is 2.78. The molecular formula is C17H14Cl2FNO3. The Hall–Kier alpha value is -2.11. The van der Waals surface area contributed by atoms with E-state index in [2.05, 4.69) is 5.32 Å². The molecule has 0 spiro atoms. The maximum atomic E-state index is 13.3. The lowest BCUT2D eigenvalue weighted by atomic mass is 10.1. The van der Waals surface area contributed by atoms with Gasteiger partial charge in [-0.25, -0.2) is 4.39 Å². The second-order valence-electron chi connectivity index (χ2n) is 5.04. The molecule has 4 nitrogen and oxygen atoms in total. The number of carbonyl (C=O) groups is 2. The van der Waals surface area contributed by atoms with Crippen molar-refractivity contribution in [2.75, 3.05) is 5.32 Å². The Labute approximate surface area is 148 Å². The largest absolute Gasteiger partial charge is 0.480 e. The van der Waals surface area contributed by atoms with Gasteiger partial charge in [0.05, 0.1) is 21.3 Å². The summed E-state index contributed by atoms with van der Waals surface area (Å²) in [5.41, 5.74) is 0.331. The molecule has 0 radical (unpaired) electrons. The average molecular weight is 370 g/mol. The molecule has 0 aliphatic rings. The van der Waals surface area contributed by atoms with Gasteiger partial charge in [0.25, 0.3) is 5.91 Å². The smallest absolute Gasteiger partial charge is 0.265 e. The number of hydrogen-bond acceptors (Lipinski definition) is 3. The topological polar surface area (TPSA) is 55.4 Å². The van der Waals surface area contributed by atoms with Crippen LogP contribution in [0.2, 0.25) is 10.0 Å². The Morgan fingerprint density at radius 3 is 2.38 bits per heavy atom. The maximum absolute atomic E-state index is 13.3. The molecular weight excluding hydrogens is 356 g/mol. The molecule has 24 heavy (non-hydrogen) atoms. The van der Waals surface area contributed by atoms with Gasteiger partial charge in [0.1, 0.15) is 11.6 Å². The number of ether oxygens (including phenoxy) is 1. The van der Waals surface area contributed by atoms with Crippen molar-refractivity contribution in [2.24, 2.45) is 0 Å². The monoisotopic (exact) mass is 369 g/mol. The molecule has 0 fully saturated rings. The van der Waals surface area contributed by atoms with Gasteiger partial charge in [-0.1, -0.05) is 29.3 Å². The van der Waals surface area contributed by atoms with E-state index in [4.69, 9.17) is 27.9 Å². The molecule has 1 N–H and O–H groups in total. The first kappa shape index (κ1) is 18.2. The van der Waals surface area contributed by atoms with Crippen LogP contribution in [0.3, 0.4) is 0 Å². The zero-order chi connectivity index (χ0) is 17.9. The van der Waals surface area contributed by atoms with Crippen molar-refractivity contribution in [1.82, 2.24) is 0 Å². The summed E-state index contributed by atoms with van der Waals surface area (Å²) in [5.74, 6) is -1.32. The zero-order valence-corrected chi connectivity index (χ0v) is 14.4. The molecule has 0 unspecified atom stereocenters. The molecule has 0 saturated carbocycles. The van der Waals surface area contributed by atoms with Crippen LogP contribution in [0.1, 0.15) is 24.2 Å². The second-order valence-corrected chi connectivity index (χ2v) is 5.86. The molecule has 0 aliphatic carbocycles. The lowest BCUT2D eigenvalue weighted by Crippen LogP contribution is -2.30. The summed E-state index contributed by atoms with van der Waals surface area (Å²) >= 11 is 12.0. The molecule has 2 aromatic rings. The Balaban J connectivity index is 2.17. The Morgan fingerprint density at radius 2 is 1.79 bits per heavy atom. The molecule has 1 atom stereocenters. The van der Waals surface area contributed by atoms with E-state index in [1.807, 2.05) is 0 Å². The van der Waals surface area contributed by atoms with Crippen molar-refractivity contribution < 1.29 is 18.7 Å². The molecule has 0 aliphatic heterocycles. The number of hydrogen-bond donors (Lipinski definition) is 1. The van der Waals surface area contributed by atoms with Crippen LogP contribution >= 0.6 is 23.2 Å². The number of benzene rings is 2. The Bertz CT molecular complexity index is 775. The first-order valence-electron chi connectivity index (χ1n) is 7.01. The third kappa shape index (κ3) is 4.24. The molecule has 1 amide bonds. The summed E-state index contributed by atoms with van der Waals surface area (Å²) in [6.07, 6.45) is -0.957. The van der Waals surface area contributed by atoms with Gasteiger partial charge in [-0.3, -0.25) is 9.59 Å². The van der Waals surface area contributed by atoms with Crippen LogP contribution in [-0.2, 0) is 4.79 Å². The number of rotatable bonds is 5. The minimum atomic E-state index is -0.957. The van der Waals surface area contributed by atoms with Gasteiger partial charge in [0.2, 0.25) is 0 Å². The van der Waals surface area contributed by atoms with Crippen molar-refractivity contribution in [3.05, 3.63) is 57.8 Å². The van der Waals surface area contributed by atoms with Crippen molar-refractivity contribution in [1.29, 1.82) is 0 Å². The lowest BCUT2D eigenvalue weighted by Gasteiger charge is -2.17. The number of anilines is 1. The van der Waals surface area contributed by atoms with Crippen molar-refractivity contribution in [3.8, 4) is 5.75 Å². The normalized spacial score (nSPS) is 11.7. The highest BCUT2D eigenvalue weighted by molar-refractivity contribution is 6.39. The van der Waals surface area contributed by atoms with Crippen molar-refractivity contribution >= 4 is 40.6 Å². The van der Waals surface area contributed by atoms with Gasteiger partial charge in [-0.2, -0.15) is 0 Å². The van der Waals surface area contributed by atoms with Gasteiger partial charge in [-0.15, -0.1) is 0 Å². The van der Waals surface area contributed by atoms with Gasteiger partial charge in [-0.05, 0) is 44.2 Å². The van der Waals surface area contributed by atoms with Gasteiger partial charge in [0.15, 0.2) is 11.9 Å². The first-order valence-corrected chi connectivity index (χ1v) is 7.77. The maximum Gasteiger partial charge on any atom is 0.265 e. The van der Waals surface area contributed by atoms with Gasteiger partial charge in [0, 0.05) is 0 Å². The standard InChI is InChI=1S/C17H14Cl2FNO3/c1-9(22)12-8-11(20)6-7-15(12)24-10(2)17(23)21-16-13(18)4-3-5-14(16)19/h3-8,10H,1-2H3,(H,21,23)/t10-/m1/s1. The zero-order valence-electron chi connectivity index (χ0n) is 12.9. The van der Waals surface area contributed by atoms with E-state index in [9.17, 15) is 14.0 Å². The Morgan fingerprint density at radius 1 is 1.17 bits per heavy atom. The Kier molecular flexibility index (Phi) is 5.80. The first-order chi connectivity index (χ1) is 11.3. The second kappa shape index (κ2) is 7.64. The number of amides is 1. The van der Waals surface area contributed by atoms with E-state index in [0.29, 0.717) is 0 Å². The predicted molar refractivity (Wildman–Crippen MR) is 91.6 cm³/mol. The van der Waals surface area contributed by atoms with Crippen LogP contribution in [0.4, 0.5) is 10.1 Å². The van der Waals surface area contributed by atoms with Gasteiger partial charge >= 0.3 is 0 Å². The highest BCUT2D eigenvalue weighted by Crippen LogP contribution is 2.30. The van der Waals surface area contributed by atoms with E-state index in [-0.39, 0.29) is 32.8 Å². The van der Waals surface area contributed by atoms with E-state index in [0.717, 1.165) is 12.1 Å². The lowest BCUT2D eigenvalue weighted by molar-refractivity contribution is -0.122. The third-order valence-corrected chi connectivity index (χ3v) is 3.83. The highest BCUT2D eigenvalue weighted by atomic mass is 35.5. The predicted octanol–water partition coefficient (Wildman–Crippen LogP) is 4.74. The van der Waals surface area contributed by atoms with E-state index in [1.54, 1.807) is 18.2 Å². The number of nitrogens with one attached hydrogen (secondary N) is 1. The van der Waals surface area contributed by atoms with Crippen LogP contribution in [0.5, 0.6) is 5.75 Å². The highest BCUT2D eigenvalue weighted by Gasteiger charge is 2.20. The molecule has 126 valence electrons. The molecule has 7 heteroatoms. The number of Topliss-reactive ketones (excluding diaryl/α,β-unsaturated/α-hetero) is 1. The molecule has 2 rings (SSSR count). The molecule has 0 bridgehead atoms. The minimum absolute atomic E-state index is 0.0606. The quantitative estimate of drug-likeness (QED) is 0.774. The van der Waals surface area contributed by atoms with E-state index in [1.165, 1.54) is 19.9 Å². The number of halogens is 3. The van der Waals surface area contributed by atoms with Crippen LogP contribution in [0.15, 0.2) is 36.4 Å². The van der Waals surface area contributed by atoms with Crippen LogP contribution in [-0.4, -0.2) is 17.8 Å². The number of para-hydroxylation sites is 1. The molecule has 2 aromatic carbocycles. The van der Waals surface area contributed by atoms with Crippen LogP contribution in [0, 0.1) is 5.82 Å². The van der Waals surface area contributed by atoms with Crippen molar-refractivity contribution in [2.45, 2.75) is 20.0 Å². The fourth-order valence-electron chi connectivity index (χ4n) is 1.97. The van der Waals surface area contributed by atoms with E-state index < -0.39 is 17.8 Å². The van der Waals surface area contributed by atoms with Crippen LogP contribution < -0.4 is 10.1 Å². The summed E-state index contributed by atoms with van der Waals surface area (Å²) in [5, 5.41) is 3.14. The fourth-order valence-corrected chi connectivity index (χ4v) is 2.46. The third-order valence-electron chi connectivity index (χ3n) is 3.20. The number of carbonyl (C=O) groups excluding carboxylic acids is 2. The van der Waals surface area contributed by atoms with Crippen LogP contribution in [0.25, 0.3) is 0 Å².